The largest absolute Gasteiger partial charge is 0.482 e. The minimum absolute atomic E-state index is 0.107. The van der Waals surface area contributed by atoms with E-state index in [1.165, 1.54) is 19.2 Å². The van der Waals surface area contributed by atoms with Gasteiger partial charge in [-0.3, -0.25) is 9.59 Å². The van der Waals surface area contributed by atoms with Gasteiger partial charge in [0.1, 0.15) is 12.0 Å². The average molecular weight is 397 g/mol. The zero-order valence-electron chi connectivity index (χ0n) is 13.6. The number of esters is 1. The molecule has 0 aliphatic carbocycles. The zero-order valence-corrected chi connectivity index (χ0v) is 15.1. The van der Waals surface area contributed by atoms with E-state index in [0.29, 0.717) is 22.6 Å². The van der Waals surface area contributed by atoms with Crippen molar-refractivity contribution in [1.29, 1.82) is 0 Å². The number of anilines is 1. The molecule has 0 fully saturated rings. The molecule has 0 bridgehead atoms. The molecule has 0 aliphatic rings. The molecular formula is C17H14Cl2N2O5. The highest BCUT2D eigenvalue weighted by molar-refractivity contribution is 6.36. The van der Waals surface area contributed by atoms with Gasteiger partial charge in [0.25, 0.3) is 5.91 Å². The lowest BCUT2D eigenvalue weighted by Crippen LogP contribution is -2.32. The van der Waals surface area contributed by atoms with E-state index in [-0.39, 0.29) is 10.8 Å². The number of benzene rings is 1. The van der Waals surface area contributed by atoms with Crippen molar-refractivity contribution in [3.8, 4) is 5.75 Å². The summed E-state index contributed by atoms with van der Waals surface area (Å²) in [6, 6.07) is 7.61. The van der Waals surface area contributed by atoms with Gasteiger partial charge in [0.15, 0.2) is 18.5 Å². The topological polar surface area (TPSA) is 94.6 Å². The first-order valence-corrected chi connectivity index (χ1v) is 8.14. The Balaban J connectivity index is 1.83. The number of nitrogens with zero attached hydrogens (tertiary/aromatic N) is 1. The number of ether oxygens (including phenoxy) is 2. The number of aromatic nitrogens is 1. The summed E-state index contributed by atoms with van der Waals surface area (Å²) < 4.78 is 10.2. The number of halogens is 2. The lowest BCUT2D eigenvalue weighted by Gasteiger charge is -2.14. The molecule has 1 N–H and O–H groups in total. The van der Waals surface area contributed by atoms with Crippen LogP contribution in [0.5, 0.6) is 5.75 Å². The summed E-state index contributed by atoms with van der Waals surface area (Å²) in [6.07, 6.45) is 0.931. The molecule has 1 heterocycles. The number of nitrogens with one attached hydrogen (secondary N) is 1. The number of pyridine rings is 1. The van der Waals surface area contributed by atoms with Crippen LogP contribution in [0.25, 0.3) is 0 Å². The highest BCUT2D eigenvalue weighted by atomic mass is 35.5. The van der Waals surface area contributed by atoms with Gasteiger partial charge in [0.05, 0.1) is 10.0 Å². The van der Waals surface area contributed by atoms with Crippen LogP contribution in [-0.2, 0) is 14.3 Å². The molecule has 1 amide bonds. The maximum Gasteiger partial charge on any atom is 0.344 e. The second-order valence-electron chi connectivity index (χ2n) is 5.08. The van der Waals surface area contributed by atoms with Gasteiger partial charge in [-0.25, -0.2) is 9.78 Å². The maximum atomic E-state index is 12.0. The molecule has 2 aromatic rings. The average Bonchev–Trinajstić information content (AvgIpc) is 2.62. The van der Waals surface area contributed by atoms with E-state index in [2.05, 4.69) is 10.3 Å². The van der Waals surface area contributed by atoms with Crippen LogP contribution in [0.3, 0.4) is 0 Å². The first-order chi connectivity index (χ1) is 12.4. The summed E-state index contributed by atoms with van der Waals surface area (Å²) in [6.45, 7) is 1.01. The van der Waals surface area contributed by atoms with Crippen LogP contribution in [0.1, 0.15) is 17.3 Å². The molecule has 1 atom stereocenters. The molecule has 26 heavy (non-hydrogen) atoms. The van der Waals surface area contributed by atoms with E-state index in [1.807, 2.05) is 0 Å². The Labute approximate surface area is 159 Å². The second kappa shape index (κ2) is 9.17. The monoisotopic (exact) mass is 396 g/mol. The second-order valence-corrected chi connectivity index (χ2v) is 5.92. The van der Waals surface area contributed by atoms with Crippen LogP contribution >= 0.6 is 23.2 Å². The van der Waals surface area contributed by atoms with Crippen molar-refractivity contribution in [3.05, 3.63) is 52.1 Å². The normalized spacial score (nSPS) is 11.3. The van der Waals surface area contributed by atoms with Crippen LogP contribution < -0.4 is 10.1 Å². The van der Waals surface area contributed by atoms with E-state index in [0.717, 1.165) is 0 Å². The first-order valence-electron chi connectivity index (χ1n) is 7.38. The van der Waals surface area contributed by atoms with Crippen molar-refractivity contribution in [2.75, 3.05) is 11.9 Å². The number of hydrogen-bond donors (Lipinski definition) is 1. The fourth-order valence-electron chi connectivity index (χ4n) is 1.79. The number of rotatable bonds is 7. The lowest BCUT2D eigenvalue weighted by atomic mass is 10.2. The molecule has 1 aromatic carbocycles. The van der Waals surface area contributed by atoms with Crippen molar-refractivity contribution >= 4 is 47.2 Å². The summed E-state index contributed by atoms with van der Waals surface area (Å²) in [7, 11) is 0. The van der Waals surface area contributed by atoms with Crippen LogP contribution in [0, 0.1) is 0 Å². The van der Waals surface area contributed by atoms with Gasteiger partial charge < -0.3 is 14.8 Å². The van der Waals surface area contributed by atoms with Gasteiger partial charge in [-0.15, -0.1) is 0 Å². The van der Waals surface area contributed by atoms with Gasteiger partial charge in [-0.2, -0.15) is 0 Å². The van der Waals surface area contributed by atoms with E-state index in [4.69, 9.17) is 32.7 Å². The highest BCUT2D eigenvalue weighted by Crippen LogP contribution is 2.22. The Morgan fingerprint density at radius 3 is 2.58 bits per heavy atom. The third kappa shape index (κ3) is 5.72. The highest BCUT2D eigenvalue weighted by Gasteiger charge is 2.19. The Kier molecular flexibility index (Phi) is 6.94. The first kappa shape index (κ1) is 19.7. The van der Waals surface area contributed by atoms with Crippen LogP contribution in [0.15, 0.2) is 36.5 Å². The lowest BCUT2D eigenvalue weighted by molar-refractivity contribution is -0.155. The molecule has 2 rings (SSSR count). The number of carbonyl (C=O) groups is 3. The molecule has 0 radical (unpaired) electrons. The fourth-order valence-corrected chi connectivity index (χ4v) is 2.22. The maximum absolute atomic E-state index is 12.0. The Hall–Kier alpha value is -2.64. The summed E-state index contributed by atoms with van der Waals surface area (Å²) in [4.78, 5) is 38.3. The molecule has 0 saturated carbocycles. The molecular weight excluding hydrogens is 383 g/mol. The molecule has 7 nitrogen and oxygen atoms in total. The van der Waals surface area contributed by atoms with Crippen molar-refractivity contribution in [2.45, 2.75) is 13.0 Å². The van der Waals surface area contributed by atoms with E-state index < -0.39 is 24.6 Å². The number of aldehydes is 1. The standard InChI is InChI=1S/C17H14Cl2N2O5/c1-10(17(24)21-16-14(19)6-12(18)7-20-16)26-15(23)9-25-13-4-2-11(8-22)3-5-13/h2-8,10H,9H2,1H3,(H,20,21,24)/t10-/m0/s1. The molecule has 0 aliphatic heterocycles. The van der Waals surface area contributed by atoms with Gasteiger partial charge in [0.2, 0.25) is 0 Å². The predicted molar refractivity (Wildman–Crippen MR) is 95.8 cm³/mol. The van der Waals surface area contributed by atoms with Gasteiger partial charge in [-0.05, 0) is 37.3 Å². The van der Waals surface area contributed by atoms with Crippen LogP contribution in [0.4, 0.5) is 5.82 Å². The molecule has 1 aromatic heterocycles. The van der Waals surface area contributed by atoms with Gasteiger partial charge in [-0.1, -0.05) is 23.2 Å². The van der Waals surface area contributed by atoms with Crippen molar-refractivity contribution < 1.29 is 23.9 Å². The van der Waals surface area contributed by atoms with Crippen LogP contribution in [0.2, 0.25) is 10.0 Å². The summed E-state index contributed by atoms with van der Waals surface area (Å²) in [5.74, 6) is -0.843. The SMILES string of the molecule is C[C@H](OC(=O)COc1ccc(C=O)cc1)C(=O)Nc1ncc(Cl)cc1Cl. The molecule has 9 heteroatoms. The summed E-state index contributed by atoms with van der Waals surface area (Å²) in [5, 5.41) is 2.92. The number of amides is 1. The number of hydrogen-bond acceptors (Lipinski definition) is 6. The third-order valence-electron chi connectivity index (χ3n) is 3.10. The predicted octanol–water partition coefficient (Wildman–Crippen LogP) is 3.15. The van der Waals surface area contributed by atoms with Crippen LogP contribution in [-0.4, -0.2) is 35.9 Å². The molecule has 136 valence electrons. The van der Waals surface area contributed by atoms with E-state index in [9.17, 15) is 14.4 Å². The van der Waals surface area contributed by atoms with E-state index in [1.54, 1.807) is 24.3 Å². The summed E-state index contributed by atoms with van der Waals surface area (Å²) in [5.41, 5.74) is 0.486. The molecule has 0 unspecified atom stereocenters. The third-order valence-corrected chi connectivity index (χ3v) is 3.59. The zero-order chi connectivity index (χ0) is 19.1. The minimum Gasteiger partial charge on any atom is -0.482 e. The Bertz CT molecular complexity index is 811. The van der Waals surface area contributed by atoms with Crippen molar-refractivity contribution in [2.24, 2.45) is 0 Å². The van der Waals surface area contributed by atoms with Crippen molar-refractivity contribution in [1.82, 2.24) is 4.98 Å². The van der Waals surface area contributed by atoms with Gasteiger partial charge >= 0.3 is 5.97 Å². The summed E-state index contributed by atoms with van der Waals surface area (Å²) >= 11 is 11.6. The van der Waals surface area contributed by atoms with Gasteiger partial charge in [0, 0.05) is 11.8 Å². The Morgan fingerprint density at radius 1 is 1.27 bits per heavy atom. The van der Waals surface area contributed by atoms with E-state index >= 15 is 0 Å². The van der Waals surface area contributed by atoms with Crippen molar-refractivity contribution in [3.63, 3.8) is 0 Å². The number of carbonyl (C=O) groups excluding carboxylic acids is 3. The molecule has 0 spiro atoms. The smallest absolute Gasteiger partial charge is 0.344 e. The minimum atomic E-state index is -1.09. The quantitative estimate of drug-likeness (QED) is 0.570. The molecule has 0 saturated heterocycles. The fraction of sp³-hybridized carbons (Fsp3) is 0.176. The Morgan fingerprint density at radius 2 is 1.96 bits per heavy atom.